The first-order valence-electron chi connectivity index (χ1n) is 2.77. The van der Waals surface area contributed by atoms with Crippen molar-refractivity contribution in [1.82, 2.24) is 0 Å². The molecule has 0 aromatic heterocycles. The van der Waals surface area contributed by atoms with Crippen molar-refractivity contribution in [3.05, 3.63) is 0 Å². The van der Waals surface area contributed by atoms with Gasteiger partial charge in [0.05, 0.1) is 6.61 Å². The monoisotopic (exact) mass is 190 g/mol. The van der Waals surface area contributed by atoms with Crippen LogP contribution in [0.4, 0.5) is 0 Å². The summed E-state index contributed by atoms with van der Waals surface area (Å²) in [4.78, 5) is 0. The van der Waals surface area contributed by atoms with Gasteiger partial charge in [-0.1, -0.05) is 48.1 Å². The summed E-state index contributed by atoms with van der Waals surface area (Å²) in [5, 5.41) is 0. The summed E-state index contributed by atoms with van der Waals surface area (Å²) < 4.78 is 3.23. The minimum absolute atomic E-state index is 0.507. The second-order valence-electron chi connectivity index (χ2n) is 1.65. The highest BCUT2D eigenvalue weighted by molar-refractivity contribution is 6.66. The summed E-state index contributed by atoms with van der Waals surface area (Å²) >= 11 is 15.8. The molecule has 0 aliphatic carbocycles. The van der Waals surface area contributed by atoms with E-state index in [9.17, 15) is 0 Å². The molecule has 0 saturated heterocycles. The molecule has 0 atom stereocenters. The van der Waals surface area contributed by atoms with Crippen LogP contribution in [0.1, 0.15) is 19.8 Å². The Kier molecular flexibility index (Phi) is 5.04. The number of unbranched alkanes of at least 4 members (excludes halogenated alkanes) is 1. The summed E-state index contributed by atoms with van der Waals surface area (Å²) in [6, 6.07) is 0. The van der Waals surface area contributed by atoms with E-state index in [1.807, 2.05) is 6.92 Å². The van der Waals surface area contributed by atoms with E-state index in [4.69, 9.17) is 39.5 Å². The van der Waals surface area contributed by atoms with E-state index in [-0.39, 0.29) is 0 Å². The van der Waals surface area contributed by atoms with Crippen LogP contribution in [0.2, 0.25) is 0 Å². The van der Waals surface area contributed by atoms with Gasteiger partial charge in [0.15, 0.2) is 0 Å². The minimum atomic E-state index is -1.53. The molecule has 1 nitrogen and oxygen atoms in total. The lowest BCUT2D eigenvalue weighted by molar-refractivity contribution is 0.127. The molecule has 0 radical (unpaired) electrons. The molecule has 0 heterocycles. The third-order valence-electron chi connectivity index (χ3n) is 0.764. The Balaban J connectivity index is 3.07. The summed E-state index contributed by atoms with van der Waals surface area (Å²) in [6.07, 6.45) is 1.97. The zero-order valence-corrected chi connectivity index (χ0v) is 7.43. The summed E-state index contributed by atoms with van der Waals surface area (Å²) in [5.41, 5.74) is 0. The Hall–Kier alpha value is 0.830. The molecule has 0 saturated carbocycles. The second-order valence-corrected chi connectivity index (χ2v) is 3.82. The van der Waals surface area contributed by atoms with Gasteiger partial charge in [-0.15, -0.1) is 0 Å². The highest BCUT2D eigenvalue weighted by Gasteiger charge is 2.18. The van der Waals surface area contributed by atoms with Gasteiger partial charge in [0.1, 0.15) is 0 Å². The van der Waals surface area contributed by atoms with Crippen molar-refractivity contribution < 1.29 is 4.74 Å². The fraction of sp³-hybridized carbons (Fsp3) is 1.00. The molecule has 0 bridgehead atoms. The molecule has 0 aromatic rings. The molecule has 0 fully saturated rings. The lowest BCUT2D eigenvalue weighted by Gasteiger charge is -2.10. The zero-order valence-electron chi connectivity index (χ0n) is 5.16. The molecule has 0 rings (SSSR count). The molecular weight excluding hydrogens is 182 g/mol. The molecule has 9 heavy (non-hydrogen) atoms. The molecule has 0 spiro atoms. The molecule has 0 amide bonds. The van der Waals surface area contributed by atoms with Crippen LogP contribution in [-0.4, -0.2) is 10.6 Å². The number of rotatable bonds is 3. The van der Waals surface area contributed by atoms with Gasteiger partial charge in [-0.25, -0.2) is 0 Å². The van der Waals surface area contributed by atoms with E-state index >= 15 is 0 Å². The first-order valence-corrected chi connectivity index (χ1v) is 3.90. The maximum atomic E-state index is 5.28. The lowest BCUT2D eigenvalue weighted by atomic mass is 10.4. The fourth-order valence-electron chi connectivity index (χ4n) is 0.332. The Morgan fingerprint density at radius 2 is 1.89 bits per heavy atom. The Bertz CT molecular complexity index is 69.1. The van der Waals surface area contributed by atoms with Crippen LogP contribution < -0.4 is 0 Å². The van der Waals surface area contributed by atoms with Gasteiger partial charge < -0.3 is 4.74 Å². The van der Waals surface area contributed by atoms with Crippen molar-refractivity contribution in [2.24, 2.45) is 0 Å². The molecular formula is C5H9Cl3O. The molecule has 56 valence electrons. The zero-order chi connectivity index (χ0) is 7.33. The van der Waals surface area contributed by atoms with Gasteiger partial charge in [-0.05, 0) is 6.42 Å². The van der Waals surface area contributed by atoms with Crippen molar-refractivity contribution in [1.29, 1.82) is 0 Å². The minimum Gasteiger partial charge on any atom is -0.334 e. The molecule has 0 unspecified atom stereocenters. The van der Waals surface area contributed by atoms with E-state index in [1.54, 1.807) is 0 Å². The maximum absolute atomic E-state index is 5.28. The van der Waals surface area contributed by atoms with Crippen LogP contribution in [0.5, 0.6) is 0 Å². The smallest absolute Gasteiger partial charge is 0.297 e. The maximum Gasteiger partial charge on any atom is 0.297 e. The Labute approximate surface area is 70.2 Å². The van der Waals surface area contributed by atoms with E-state index in [0.29, 0.717) is 6.61 Å². The Morgan fingerprint density at radius 1 is 1.33 bits per heavy atom. The van der Waals surface area contributed by atoms with E-state index in [0.717, 1.165) is 12.8 Å². The number of halogens is 3. The number of alkyl halides is 3. The van der Waals surface area contributed by atoms with Crippen molar-refractivity contribution in [3.8, 4) is 0 Å². The average molecular weight is 191 g/mol. The van der Waals surface area contributed by atoms with Gasteiger partial charge in [-0.2, -0.15) is 0 Å². The van der Waals surface area contributed by atoms with Crippen LogP contribution in [0, 0.1) is 0 Å². The first kappa shape index (κ1) is 9.83. The molecule has 0 N–H and O–H groups in total. The number of ether oxygens (including phenoxy) is 1. The largest absolute Gasteiger partial charge is 0.334 e. The third-order valence-corrected chi connectivity index (χ3v) is 1.09. The summed E-state index contributed by atoms with van der Waals surface area (Å²) in [7, 11) is 0. The molecule has 0 aliphatic rings. The van der Waals surface area contributed by atoms with E-state index in [2.05, 4.69) is 0 Å². The second kappa shape index (κ2) is 4.62. The SMILES string of the molecule is CCCCOC(Cl)(Cl)Cl. The normalized spacial score (nSPS) is 12.0. The highest BCUT2D eigenvalue weighted by Crippen LogP contribution is 2.27. The first-order chi connectivity index (χ1) is 4.06. The fourth-order valence-corrected chi connectivity index (χ4v) is 0.564. The van der Waals surface area contributed by atoms with Gasteiger partial charge in [-0.3, -0.25) is 0 Å². The van der Waals surface area contributed by atoms with Crippen molar-refractivity contribution in [2.45, 2.75) is 23.7 Å². The van der Waals surface area contributed by atoms with Crippen LogP contribution in [0.15, 0.2) is 0 Å². The van der Waals surface area contributed by atoms with Gasteiger partial charge >= 0.3 is 0 Å². The number of hydrogen-bond donors (Lipinski definition) is 0. The Morgan fingerprint density at radius 3 is 2.22 bits per heavy atom. The lowest BCUT2D eigenvalue weighted by Crippen LogP contribution is -2.09. The molecule has 0 aromatic carbocycles. The third kappa shape index (κ3) is 8.83. The van der Waals surface area contributed by atoms with Crippen LogP contribution in [0.25, 0.3) is 0 Å². The van der Waals surface area contributed by atoms with E-state index < -0.39 is 3.98 Å². The predicted molar refractivity (Wildman–Crippen MR) is 41.2 cm³/mol. The van der Waals surface area contributed by atoms with Gasteiger partial charge in [0, 0.05) is 0 Å². The van der Waals surface area contributed by atoms with Crippen molar-refractivity contribution >= 4 is 34.8 Å². The number of hydrogen-bond acceptors (Lipinski definition) is 1. The standard InChI is InChI=1S/C5H9Cl3O/c1-2-3-4-9-5(6,7)8/h2-4H2,1H3. The van der Waals surface area contributed by atoms with Gasteiger partial charge in [0.25, 0.3) is 3.98 Å². The summed E-state index contributed by atoms with van der Waals surface area (Å²) in [6.45, 7) is 2.55. The van der Waals surface area contributed by atoms with Crippen molar-refractivity contribution in [2.75, 3.05) is 6.61 Å². The van der Waals surface area contributed by atoms with Crippen LogP contribution >= 0.6 is 34.8 Å². The molecule has 4 heteroatoms. The van der Waals surface area contributed by atoms with Gasteiger partial charge in [0.2, 0.25) is 0 Å². The van der Waals surface area contributed by atoms with Crippen molar-refractivity contribution in [3.63, 3.8) is 0 Å². The summed E-state index contributed by atoms with van der Waals surface area (Å²) in [5.74, 6) is 0. The van der Waals surface area contributed by atoms with Crippen LogP contribution in [0.3, 0.4) is 0 Å². The molecule has 0 aliphatic heterocycles. The van der Waals surface area contributed by atoms with Crippen LogP contribution in [-0.2, 0) is 4.74 Å². The average Bonchev–Trinajstić information content (AvgIpc) is 1.63. The highest BCUT2D eigenvalue weighted by atomic mass is 35.6. The van der Waals surface area contributed by atoms with E-state index in [1.165, 1.54) is 0 Å². The quantitative estimate of drug-likeness (QED) is 0.492. The predicted octanol–water partition coefficient (Wildman–Crippen LogP) is 3.13. The topological polar surface area (TPSA) is 9.23 Å².